The molecule has 0 atom stereocenters. The Kier molecular flexibility index (Phi) is 5.37. The van der Waals surface area contributed by atoms with Crippen LogP contribution in [-0.4, -0.2) is 86.4 Å². The summed E-state index contributed by atoms with van der Waals surface area (Å²) in [5.41, 5.74) is 0. The van der Waals surface area contributed by atoms with Gasteiger partial charge in [-0.25, -0.2) is 0 Å². The molecule has 0 aromatic rings. The normalized spacial score (nSPS) is 21.4. The molecular weight excluding hydrogens is 256 g/mol. The van der Waals surface area contributed by atoms with Crippen molar-refractivity contribution in [3.05, 3.63) is 0 Å². The fourth-order valence-corrected chi connectivity index (χ4v) is 2.87. The molecule has 0 aliphatic carbocycles. The number of piperazine rings is 1. The molecule has 2 aliphatic heterocycles. The van der Waals surface area contributed by atoms with Crippen molar-refractivity contribution in [1.82, 2.24) is 20.0 Å². The van der Waals surface area contributed by atoms with Gasteiger partial charge in [0.15, 0.2) is 0 Å². The third kappa shape index (κ3) is 3.93. The van der Waals surface area contributed by atoms with Gasteiger partial charge in [0.1, 0.15) is 0 Å². The van der Waals surface area contributed by atoms with Crippen LogP contribution in [0, 0.1) is 5.92 Å². The van der Waals surface area contributed by atoms with Gasteiger partial charge in [0.25, 0.3) is 0 Å². The van der Waals surface area contributed by atoms with Gasteiger partial charge in [0, 0.05) is 32.1 Å². The molecule has 114 valence electrons. The second-order valence-corrected chi connectivity index (χ2v) is 5.97. The second-order valence-electron chi connectivity index (χ2n) is 5.97. The molecule has 0 saturated carbocycles. The number of nitrogens with one attached hydrogen (secondary N) is 1. The van der Waals surface area contributed by atoms with Crippen molar-refractivity contribution in [2.75, 3.05) is 59.9 Å². The van der Waals surface area contributed by atoms with E-state index in [1.54, 1.807) is 0 Å². The Morgan fingerprint density at radius 3 is 2.15 bits per heavy atom. The Balaban J connectivity index is 1.78. The van der Waals surface area contributed by atoms with Gasteiger partial charge in [-0.05, 0) is 40.0 Å². The molecule has 0 bridgehead atoms. The first-order valence-corrected chi connectivity index (χ1v) is 7.50. The Labute approximate surface area is 121 Å². The lowest BCUT2D eigenvalue weighted by molar-refractivity contribution is -0.142. The minimum atomic E-state index is 0.156. The Bertz CT molecular complexity index is 345. The monoisotopic (exact) mass is 282 g/mol. The van der Waals surface area contributed by atoms with E-state index in [4.69, 9.17) is 0 Å². The number of piperidine rings is 1. The quantitative estimate of drug-likeness (QED) is 0.738. The number of hydrogen-bond acceptors (Lipinski definition) is 4. The van der Waals surface area contributed by atoms with Gasteiger partial charge in [0.05, 0.1) is 6.54 Å². The van der Waals surface area contributed by atoms with Crippen LogP contribution in [0.15, 0.2) is 0 Å². The number of amides is 2. The maximum atomic E-state index is 12.4. The van der Waals surface area contributed by atoms with E-state index in [0.29, 0.717) is 32.7 Å². The predicted molar refractivity (Wildman–Crippen MR) is 77.3 cm³/mol. The van der Waals surface area contributed by atoms with Crippen molar-refractivity contribution < 1.29 is 9.59 Å². The molecule has 0 unspecified atom stereocenters. The molecule has 0 spiro atoms. The van der Waals surface area contributed by atoms with Crippen LogP contribution in [-0.2, 0) is 9.59 Å². The summed E-state index contributed by atoms with van der Waals surface area (Å²) in [6, 6.07) is 0. The average Bonchev–Trinajstić information content (AvgIpc) is 2.47. The highest BCUT2D eigenvalue weighted by Gasteiger charge is 2.29. The van der Waals surface area contributed by atoms with Gasteiger partial charge in [-0.15, -0.1) is 0 Å². The van der Waals surface area contributed by atoms with E-state index in [0.717, 1.165) is 25.9 Å². The predicted octanol–water partition coefficient (Wildman–Crippen LogP) is -0.782. The van der Waals surface area contributed by atoms with Crippen molar-refractivity contribution in [1.29, 1.82) is 0 Å². The van der Waals surface area contributed by atoms with E-state index in [2.05, 4.69) is 5.32 Å². The first kappa shape index (κ1) is 15.3. The molecule has 2 fully saturated rings. The summed E-state index contributed by atoms with van der Waals surface area (Å²) in [7, 11) is 3.80. The third-order valence-corrected chi connectivity index (χ3v) is 4.08. The summed E-state index contributed by atoms with van der Waals surface area (Å²) in [5, 5.41) is 3.28. The van der Waals surface area contributed by atoms with Gasteiger partial charge in [-0.2, -0.15) is 0 Å². The van der Waals surface area contributed by atoms with Crippen molar-refractivity contribution in [3.8, 4) is 0 Å². The summed E-state index contributed by atoms with van der Waals surface area (Å²) < 4.78 is 0. The van der Waals surface area contributed by atoms with Crippen LogP contribution in [0.4, 0.5) is 0 Å². The molecular formula is C14H26N4O2. The van der Waals surface area contributed by atoms with Gasteiger partial charge in [-0.3, -0.25) is 9.59 Å². The summed E-state index contributed by atoms with van der Waals surface area (Å²) in [5.74, 6) is 0.621. The fourth-order valence-electron chi connectivity index (χ4n) is 2.87. The third-order valence-electron chi connectivity index (χ3n) is 4.08. The van der Waals surface area contributed by atoms with Crippen LogP contribution in [0.3, 0.4) is 0 Å². The molecule has 2 saturated heterocycles. The summed E-state index contributed by atoms with van der Waals surface area (Å²) in [6.45, 7) is 5.04. The molecule has 1 N–H and O–H groups in total. The molecule has 2 amide bonds. The van der Waals surface area contributed by atoms with E-state index >= 15 is 0 Å². The number of hydrogen-bond donors (Lipinski definition) is 1. The number of rotatable bonds is 3. The van der Waals surface area contributed by atoms with E-state index < -0.39 is 0 Å². The summed E-state index contributed by atoms with van der Waals surface area (Å²) in [4.78, 5) is 30.0. The van der Waals surface area contributed by atoms with Crippen LogP contribution in [0.2, 0.25) is 0 Å². The molecule has 6 heteroatoms. The average molecular weight is 282 g/mol. The lowest BCUT2D eigenvalue weighted by atomic mass is 9.96. The molecule has 2 rings (SSSR count). The van der Waals surface area contributed by atoms with Crippen LogP contribution >= 0.6 is 0 Å². The lowest BCUT2D eigenvalue weighted by Crippen LogP contribution is -2.54. The zero-order valence-electron chi connectivity index (χ0n) is 12.6. The first-order valence-electron chi connectivity index (χ1n) is 7.50. The smallest absolute Gasteiger partial charge is 0.236 e. The molecule has 0 aromatic carbocycles. The van der Waals surface area contributed by atoms with Gasteiger partial charge < -0.3 is 20.0 Å². The zero-order chi connectivity index (χ0) is 14.5. The standard InChI is InChI=1S/C14H26N4O2/c1-16(2)11-13(19)17-7-9-18(10-8-17)14(20)12-3-5-15-6-4-12/h12,15H,3-11H2,1-2H3. The number of nitrogens with zero attached hydrogens (tertiary/aromatic N) is 3. The molecule has 6 nitrogen and oxygen atoms in total. The van der Waals surface area contributed by atoms with E-state index in [1.165, 1.54) is 0 Å². The maximum absolute atomic E-state index is 12.4. The summed E-state index contributed by atoms with van der Waals surface area (Å²) >= 11 is 0. The largest absolute Gasteiger partial charge is 0.339 e. The summed E-state index contributed by atoms with van der Waals surface area (Å²) in [6.07, 6.45) is 1.89. The Hall–Kier alpha value is -1.14. The molecule has 0 radical (unpaired) electrons. The second kappa shape index (κ2) is 7.04. The SMILES string of the molecule is CN(C)CC(=O)N1CCN(C(=O)C2CCNCC2)CC1. The van der Waals surface area contributed by atoms with Gasteiger partial charge in [0.2, 0.25) is 11.8 Å². The topological polar surface area (TPSA) is 55.9 Å². The molecule has 20 heavy (non-hydrogen) atoms. The number of carbonyl (C=O) groups excluding carboxylic acids is 2. The van der Waals surface area contributed by atoms with Gasteiger partial charge >= 0.3 is 0 Å². The lowest BCUT2D eigenvalue weighted by Gasteiger charge is -2.37. The van der Waals surface area contributed by atoms with E-state index in [9.17, 15) is 9.59 Å². The van der Waals surface area contributed by atoms with Crippen molar-refractivity contribution in [3.63, 3.8) is 0 Å². The van der Waals surface area contributed by atoms with Crippen LogP contribution in [0.5, 0.6) is 0 Å². The highest BCUT2D eigenvalue weighted by molar-refractivity contribution is 5.80. The van der Waals surface area contributed by atoms with Crippen molar-refractivity contribution in [2.24, 2.45) is 5.92 Å². The van der Waals surface area contributed by atoms with Crippen LogP contribution in [0.25, 0.3) is 0 Å². The van der Waals surface area contributed by atoms with E-state index in [-0.39, 0.29) is 17.7 Å². The van der Waals surface area contributed by atoms with Crippen LogP contribution < -0.4 is 5.32 Å². The molecule has 2 heterocycles. The minimum Gasteiger partial charge on any atom is -0.339 e. The minimum absolute atomic E-state index is 0.156. The molecule has 2 aliphatic rings. The number of carbonyl (C=O) groups is 2. The highest BCUT2D eigenvalue weighted by Crippen LogP contribution is 2.16. The zero-order valence-corrected chi connectivity index (χ0v) is 12.6. The molecule has 0 aromatic heterocycles. The Morgan fingerprint density at radius 2 is 1.60 bits per heavy atom. The van der Waals surface area contributed by atoms with Gasteiger partial charge in [-0.1, -0.05) is 0 Å². The fraction of sp³-hybridized carbons (Fsp3) is 0.857. The number of likely N-dealkylation sites (N-methyl/N-ethyl adjacent to an activating group) is 1. The van der Waals surface area contributed by atoms with Crippen molar-refractivity contribution >= 4 is 11.8 Å². The maximum Gasteiger partial charge on any atom is 0.236 e. The highest BCUT2D eigenvalue weighted by atomic mass is 16.2. The van der Waals surface area contributed by atoms with Crippen molar-refractivity contribution in [2.45, 2.75) is 12.8 Å². The Morgan fingerprint density at radius 1 is 1.05 bits per heavy atom. The van der Waals surface area contributed by atoms with Crippen LogP contribution in [0.1, 0.15) is 12.8 Å². The first-order chi connectivity index (χ1) is 9.58. The van der Waals surface area contributed by atoms with E-state index in [1.807, 2.05) is 28.8 Å².